The molecule has 2 aromatic rings. The molecule has 1 aromatic heterocycles. The van der Waals surface area contributed by atoms with Crippen LogP contribution in [0.25, 0.3) is 0 Å². The Hall–Kier alpha value is -2.14. The maximum atomic E-state index is 5.07. The molecule has 0 radical (unpaired) electrons. The molecule has 0 amide bonds. The monoisotopic (exact) mass is 314 g/mol. The SMILES string of the molecule is CCN(Cc1ccccc1)c1nc(C)cc(NCCCOC)n1. The molecule has 1 heterocycles. The molecule has 2 rings (SSSR count). The van der Waals surface area contributed by atoms with Crippen molar-refractivity contribution in [3.05, 3.63) is 47.7 Å². The Bertz CT molecular complexity index is 589. The van der Waals surface area contributed by atoms with Gasteiger partial charge in [-0.2, -0.15) is 4.98 Å². The second kappa shape index (κ2) is 9.10. The zero-order chi connectivity index (χ0) is 16.5. The molecule has 5 heteroatoms. The number of rotatable bonds is 9. The van der Waals surface area contributed by atoms with E-state index in [9.17, 15) is 0 Å². The van der Waals surface area contributed by atoms with Crippen molar-refractivity contribution in [1.29, 1.82) is 0 Å². The summed E-state index contributed by atoms with van der Waals surface area (Å²) in [6, 6.07) is 12.4. The van der Waals surface area contributed by atoms with E-state index in [4.69, 9.17) is 4.74 Å². The predicted molar refractivity (Wildman–Crippen MR) is 94.9 cm³/mol. The average Bonchev–Trinajstić information content (AvgIpc) is 2.57. The van der Waals surface area contributed by atoms with Gasteiger partial charge in [0.1, 0.15) is 5.82 Å². The van der Waals surface area contributed by atoms with E-state index in [2.05, 4.69) is 51.4 Å². The Balaban J connectivity index is 2.08. The lowest BCUT2D eigenvalue weighted by Gasteiger charge is -2.22. The Kier molecular flexibility index (Phi) is 6.81. The first-order chi connectivity index (χ1) is 11.2. The summed E-state index contributed by atoms with van der Waals surface area (Å²) < 4.78 is 5.07. The molecule has 0 aliphatic heterocycles. The number of benzene rings is 1. The number of nitrogens with one attached hydrogen (secondary N) is 1. The maximum Gasteiger partial charge on any atom is 0.227 e. The van der Waals surface area contributed by atoms with Gasteiger partial charge in [-0.1, -0.05) is 30.3 Å². The molecule has 0 aliphatic carbocycles. The number of anilines is 2. The molecule has 0 unspecified atom stereocenters. The van der Waals surface area contributed by atoms with Gasteiger partial charge in [0, 0.05) is 45.1 Å². The van der Waals surface area contributed by atoms with Crippen molar-refractivity contribution in [1.82, 2.24) is 9.97 Å². The first-order valence-corrected chi connectivity index (χ1v) is 8.10. The number of aromatic nitrogens is 2. The summed E-state index contributed by atoms with van der Waals surface area (Å²) in [5.74, 6) is 1.64. The highest BCUT2D eigenvalue weighted by Crippen LogP contribution is 2.16. The lowest BCUT2D eigenvalue weighted by atomic mass is 10.2. The summed E-state index contributed by atoms with van der Waals surface area (Å²) in [7, 11) is 1.72. The van der Waals surface area contributed by atoms with Crippen LogP contribution in [0.2, 0.25) is 0 Å². The minimum Gasteiger partial charge on any atom is -0.385 e. The number of methoxy groups -OCH3 is 1. The first-order valence-electron chi connectivity index (χ1n) is 8.10. The van der Waals surface area contributed by atoms with E-state index in [0.717, 1.165) is 50.1 Å². The van der Waals surface area contributed by atoms with Crippen LogP contribution in [0.15, 0.2) is 36.4 Å². The molecule has 0 saturated carbocycles. The van der Waals surface area contributed by atoms with Crippen LogP contribution in [0.3, 0.4) is 0 Å². The fraction of sp³-hybridized carbons (Fsp3) is 0.444. The van der Waals surface area contributed by atoms with Gasteiger partial charge in [0.25, 0.3) is 0 Å². The average molecular weight is 314 g/mol. The molecule has 0 fully saturated rings. The zero-order valence-corrected chi connectivity index (χ0v) is 14.2. The summed E-state index contributed by atoms with van der Waals surface area (Å²) >= 11 is 0. The van der Waals surface area contributed by atoms with E-state index in [1.165, 1.54) is 5.56 Å². The first kappa shape index (κ1) is 17.2. The van der Waals surface area contributed by atoms with E-state index in [0.29, 0.717) is 0 Å². The lowest BCUT2D eigenvalue weighted by Crippen LogP contribution is -2.25. The molecule has 1 N–H and O–H groups in total. The normalized spacial score (nSPS) is 10.6. The molecular formula is C18H26N4O. The van der Waals surface area contributed by atoms with Gasteiger partial charge in [-0.15, -0.1) is 0 Å². The van der Waals surface area contributed by atoms with Crippen LogP contribution in [0.5, 0.6) is 0 Å². The third kappa shape index (κ3) is 5.53. The second-order valence-corrected chi connectivity index (χ2v) is 5.47. The van der Waals surface area contributed by atoms with Crippen molar-refractivity contribution >= 4 is 11.8 Å². The predicted octanol–water partition coefficient (Wildman–Crippen LogP) is 3.26. The number of aryl methyl sites for hydroxylation is 1. The van der Waals surface area contributed by atoms with Crippen molar-refractivity contribution in [2.45, 2.75) is 26.8 Å². The number of hydrogen-bond acceptors (Lipinski definition) is 5. The molecule has 0 spiro atoms. The van der Waals surface area contributed by atoms with Gasteiger partial charge >= 0.3 is 0 Å². The highest BCUT2D eigenvalue weighted by Gasteiger charge is 2.10. The number of nitrogens with zero attached hydrogens (tertiary/aromatic N) is 3. The summed E-state index contributed by atoms with van der Waals surface area (Å²) in [6.45, 7) is 7.39. The Morgan fingerprint density at radius 3 is 2.65 bits per heavy atom. The van der Waals surface area contributed by atoms with Gasteiger partial charge in [0.05, 0.1) is 0 Å². The van der Waals surface area contributed by atoms with Gasteiger partial charge < -0.3 is 15.0 Å². The third-order valence-corrected chi connectivity index (χ3v) is 3.55. The summed E-state index contributed by atoms with van der Waals surface area (Å²) in [4.78, 5) is 11.4. The molecule has 23 heavy (non-hydrogen) atoms. The molecule has 5 nitrogen and oxygen atoms in total. The van der Waals surface area contributed by atoms with Gasteiger partial charge in [-0.3, -0.25) is 0 Å². The lowest BCUT2D eigenvalue weighted by molar-refractivity contribution is 0.198. The quantitative estimate of drug-likeness (QED) is 0.720. The number of hydrogen-bond donors (Lipinski definition) is 1. The Labute approximate surface area is 138 Å². The van der Waals surface area contributed by atoms with Crippen LogP contribution in [0.1, 0.15) is 24.6 Å². The van der Waals surface area contributed by atoms with Crippen LogP contribution in [0, 0.1) is 6.92 Å². The fourth-order valence-corrected chi connectivity index (χ4v) is 2.35. The van der Waals surface area contributed by atoms with Crippen LogP contribution in [-0.2, 0) is 11.3 Å². The largest absolute Gasteiger partial charge is 0.385 e. The molecular weight excluding hydrogens is 288 g/mol. The minimum atomic E-state index is 0.749. The highest BCUT2D eigenvalue weighted by molar-refractivity contribution is 5.44. The molecule has 1 aromatic carbocycles. The van der Waals surface area contributed by atoms with Gasteiger partial charge in [0.15, 0.2) is 0 Å². The smallest absolute Gasteiger partial charge is 0.227 e. The van der Waals surface area contributed by atoms with Crippen molar-refractivity contribution in [2.24, 2.45) is 0 Å². The minimum absolute atomic E-state index is 0.749. The summed E-state index contributed by atoms with van der Waals surface area (Å²) in [5, 5.41) is 3.35. The molecule has 0 bridgehead atoms. The standard InChI is InChI=1S/C18H26N4O/c1-4-22(14-16-9-6-5-7-10-16)18-20-15(2)13-17(21-18)19-11-8-12-23-3/h5-7,9-10,13H,4,8,11-12,14H2,1-3H3,(H,19,20,21). The third-order valence-electron chi connectivity index (χ3n) is 3.55. The van der Waals surface area contributed by atoms with E-state index < -0.39 is 0 Å². The summed E-state index contributed by atoms with van der Waals surface area (Å²) in [5.41, 5.74) is 2.23. The van der Waals surface area contributed by atoms with Gasteiger partial charge in [-0.05, 0) is 25.8 Å². The van der Waals surface area contributed by atoms with Crippen molar-refractivity contribution in [3.63, 3.8) is 0 Å². The zero-order valence-electron chi connectivity index (χ0n) is 14.2. The Morgan fingerprint density at radius 2 is 1.96 bits per heavy atom. The van der Waals surface area contributed by atoms with Crippen LogP contribution < -0.4 is 10.2 Å². The molecule has 0 aliphatic rings. The van der Waals surface area contributed by atoms with Crippen molar-refractivity contribution < 1.29 is 4.74 Å². The van der Waals surface area contributed by atoms with Crippen molar-refractivity contribution in [2.75, 3.05) is 37.0 Å². The second-order valence-electron chi connectivity index (χ2n) is 5.47. The van der Waals surface area contributed by atoms with Crippen LogP contribution in [-0.4, -0.2) is 36.8 Å². The number of ether oxygens (including phenoxy) is 1. The van der Waals surface area contributed by atoms with E-state index >= 15 is 0 Å². The van der Waals surface area contributed by atoms with Crippen LogP contribution >= 0.6 is 0 Å². The van der Waals surface area contributed by atoms with Crippen molar-refractivity contribution in [3.8, 4) is 0 Å². The topological polar surface area (TPSA) is 50.3 Å². The fourth-order valence-electron chi connectivity index (χ4n) is 2.35. The van der Waals surface area contributed by atoms with Gasteiger partial charge in [0.2, 0.25) is 5.95 Å². The highest BCUT2D eigenvalue weighted by atomic mass is 16.5. The summed E-state index contributed by atoms with van der Waals surface area (Å²) in [6.07, 6.45) is 0.955. The van der Waals surface area contributed by atoms with E-state index in [1.807, 2.05) is 19.1 Å². The van der Waals surface area contributed by atoms with E-state index in [1.54, 1.807) is 7.11 Å². The molecule has 0 atom stereocenters. The van der Waals surface area contributed by atoms with Crippen LogP contribution in [0.4, 0.5) is 11.8 Å². The Morgan fingerprint density at radius 1 is 1.17 bits per heavy atom. The van der Waals surface area contributed by atoms with Gasteiger partial charge in [-0.25, -0.2) is 4.98 Å². The molecule has 0 saturated heterocycles. The molecule has 124 valence electrons. The van der Waals surface area contributed by atoms with E-state index in [-0.39, 0.29) is 0 Å². The maximum absolute atomic E-state index is 5.07.